The summed E-state index contributed by atoms with van der Waals surface area (Å²) in [6, 6.07) is 7.21. The molecule has 0 bridgehead atoms. The minimum absolute atomic E-state index is 0.0126. The quantitative estimate of drug-likeness (QED) is 0.862. The molecule has 0 aliphatic heterocycles. The molecule has 0 saturated carbocycles. The Labute approximate surface area is 98.5 Å². The van der Waals surface area contributed by atoms with E-state index < -0.39 is 0 Å². The third-order valence-corrected chi connectivity index (χ3v) is 2.29. The van der Waals surface area contributed by atoms with Crippen molar-refractivity contribution in [3.63, 3.8) is 0 Å². The molecule has 0 aliphatic carbocycles. The highest BCUT2D eigenvalue weighted by Gasteiger charge is 2.03. The number of nitrogens with two attached hydrogens (primary N) is 1. The largest absolute Gasteiger partial charge is 0.494 e. The molecular formula is C12H13N3O2. The van der Waals surface area contributed by atoms with Gasteiger partial charge in [-0.05, 0) is 31.2 Å². The fourth-order valence-corrected chi connectivity index (χ4v) is 1.50. The van der Waals surface area contributed by atoms with Crippen molar-refractivity contribution in [3.05, 3.63) is 47.0 Å². The molecule has 0 amide bonds. The number of nitrogens with zero attached hydrogens (tertiary/aromatic N) is 2. The van der Waals surface area contributed by atoms with Crippen LogP contribution in [0, 0.1) is 0 Å². The maximum Gasteiger partial charge on any atom is 0.297 e. The van der Waals surface area contributed by atoms with Gasteiger partial charge in [0, 0.05) is 18.1 Å². The standard InChI is InChI=1S/C12H13N3O2/c1-2-17-10-5-3-9(4-6-10)15-8-7-14-11(13)12(15)16/h3-8H,2H2,1H3,(H2,13,14). The summed E-state index contributed by atoms with van der Waals surface area (Å²) < 4.78 is 6.77. The molecule has 2 aromatic rings. The molecule has 17 heavy (non-hydrogen) atoms. The summed E-state index contributed by atoms with van der Waals surface area (Å²) in [6.07, 6.45) is 3.07. The molecule has 0 atom stereocenters. The van der Waals surface area contributed by atoms with Crippen molar-refractivity contribution < 1.29 is 4.74 Å². The second-order valence-corrected chi connectivity index (χ2v) is 3.41. The van der Waals surface area contributed by atoms with E-state index in [1.165, 1.54) is 10.8 Å². The Kier molecular flexibility index (Phi) is 3.09. The van der Waals surface area contributed by atoms with E-state index in [2.05, 4.69) is 4.98 Å². The molecular weight excluding hydrogens is 218 g/mol. The Morgan fingerprint density at radius 1 is 1.35 bits per heavy atom. The van der Waals surface area contributed by atoms with Crippen molar-refractivity contribution in [1.82, 2.24) is 9.55 Å². The Balaban J connectivity index is 2.40. The van der Waals surface area contributed by atoms with Gasteiger partial charge in [0.05, 0.1) is 6.61 Å². The molecule has 2 N–H and O–H groups in total. The van der Waals surface area contributed by atoms with Crippen molar-refractivity contribution in [3.8, 4) is 11.4 Å². The van der Waals surface area contributed by atoms with E-state index in [1.807, 2.05) is 19.1 Å². The molecule has 0 unspecified atom stereocenters. The van der Waals surface area contributed by atoms with E-state index in [0.717, 1.165) is 11.4 Å². The molecule has 0 fully saturated rings. The number of hydrogen-bond donors (Lipinski definition) is 1. The highest BCUT2D eigenvalue weighted by atomic mass is 16.5. The highest BCUT2D eigenvalue weighted by molar-refractivity contribution is 5.39. The maximum absolute atomic E-state index is 11.7. The van der Waals surface area contributed by atoms with Gasteiger partial charge < -0.3 is 10.5 Å². The van der Waals surface area contributed by atoms with Gasteiger partial charge in [-0.2, -0.15) is 0 Å². The van der Waals surface area contributed by atoms with Crippen LogP contribution in [0.2, 0.25) is 0 Å². The lowest BCUT2D eigenvalue weighted by molar-refractivity contribution is 0.340. The Morgan fingerprint density at radius 2 is 2.06 bits per heavy atom. The zero-order valence-electron chi connectivity index (χ0n) is 9.46. The predicted molar refractivity (Wildman–Crippen MR) is 65.4 cm³/mol. The first-order valence-corrected chi connectivity index (χ1v) is 5.28. The smallest absolute Gasteiger partial charge is 0.297 e. The molecule has 1 aromatic carbocycles. The molecule has 1 aromatic heterocycles. The first-order valence-electron chi connectivity index (χ1n) is 5.28. The van der Waals surface area contributed by atoms with Gasteiger partial charge in [0.15, 0.2) is 5.82 Å². The number of rotatable bonds is 3. The summed E-state index contributed by atoms with van der Waals surface area (Å²) in [6.45, 7) is 2.53. The number of hydrogen-bond acceptors (Lipinski definition) is 4. The normalized spacial score (nSPS) is 10.2. The van der Waals surface area contributed by atoms with Crippen molar-refractivity contribution >= 4 is 5.82 Å². The summed E-state index contributed by atoms with van der Waals surface area (Å²) in [5.41, 5.74) is 5.87. The topological polar surface area (TPSA) is 70.1 Å². The summed E-state index contributed by atoms with van der Waals surface area (Å²) >= 11 is 0. The molecule has 5 nitrogen and oxygen atoms in total. The van der Waals surface area contributed by atoms with Gasteiger partial charge in [0.1, 0.15) is 5.75 Å². The van der Waals surface area contributed by atoms with Crippen LogP contribution in [-0.2, 0) is 0 Å². The fraction of sp³-hybridized carbons (Fsp3) is 0.167. The average molecular weight is 231 g/mol. The number of benzene rings is 1. The lowest BCUT2D eigenvalue weighted by Crippen LogP contribution is -2.21. The number of anilines is 1. The van der Waals surface area contributed by atoms with Crippen molar-refractivity contribution in [2.45, 2.75) is 6.92 Å². The number of aromatic nitrogens is 2. The van der Waals surface area contributed by atoms with E-state index in [-0.39, 0.29) is 11.4 Å². The first-order chi connectivity index (χ1) is 8.22. The van der Waals surface area contributed by atoms with Crippen LogP contribution < -0.4 is 16.0 Å². The van der Waals surface area contributed by atoms with Crippen LogP contribution in [0.1, 0.15) is 6.92 Å². The maximum atomic E-state index is 11.7. The van der Waals surface area contributed by atoms with Crippen LogP contribution in [0.5, 0.6) is 5.75 Å². The van der Waals surface area contributed by atoms with Gasteiger partial charge in [0.25, 0.3) is 5.56 Å². The molecule has 0 saturated heterocycles. The van der Waals surface area contributed by atoms with Gasteiger partial charge >= 0.3 is 0 Å². The van der Waals surface area contributed by atoms with Crippen molar-refractivity contribution in [1.29, 1.82) is 0 Å². The molecule has 0 radical (unpaired) electrons. The van der Waals surface area contributed by atoms with Crippen LogP contribution >= 0.6 is 0 Å². The van der Waals surface area contributed by atoms with E-state index in [1.54, 1.807) is 18.3 Å². The van der Waals surface area contributed by atoms with Crippen molar-refractivity contribution in [2.75, 3.05) is 12.3 Å². The average Bonchev–Trinajstić information content (AvgIpc) is 2.34. The molecule has 5 heteroatoms. The molecule has 2 rings (SSSR count). The predicted octanol–water partition coefficient (Wildman–Crippen LogP) is 1.21. The molecule has 0 aliphatic rings. The second-order valence-electron chi connectivity index (χ2n) is 3.41. The Hall–Kier alpha value is -2.30. The van der Waals surface area contributed by atoms with Crippen LogP contribution in [0.4, 0.5) is 5.82 Å². The first kappa shape index (κ1) is 11.2. The zero-order chi connectivity index (χ0) is 12.3. The van der Waals surface area contributed by atoms with E-state index >= 15 is 0 Å². The highest BCUT2D eigenvalue weighted by Crippen LogP contribution is 2.14. The van der Waals surface area contributed by atoms with Gasteiger partial charge in [-0.3, -0.25) is 9.36 Å². The monoisotopic (exact) mass is 231 g/mol. The zero-order valence-corrected chi connectivity index (χ0v) is 9.46. The fourth-order valence-electron chi connectivity index (χ4n) is 1.50. The second kappa shape index (κ2) is 4.69. The van der Waals surface area contributed by atoms with E-state index in [4.69, 9.17) is 10.5 Å². The van der Waals surface area contributed by atoms with Crippen LogP contribution in [0.15, 0.2) is 41.5 Å². The lowest BCUT2D eigenvalue weighted by atomic mass is 10.3. The lowest BCUT2D eigenvalue weighted by Gasteiger charge is -2.07. The third-order valence-electron chi connectivity index (χ3n) is 2.29. The van der Waals surface area contributed by atoms with Crippen LogP contribution in [0.3, 0.4) is 0 Å². The van der Waals surface area contributed by atoms with Crippen LogP contribution in [-0.4, -0.2) is 16.2 Å². The van der Waals surface area contributed by atoms with Crippen molar-refractivity contribution in [2.24, 2.45) is 0 Å². The summed E-state index contributed by atoms with van der Waals surface area (Å²) in [5, 5.41) is 0. The van der Waals surface area contributed by atoms with Gasteiger partial charge in [-0.1, -0.05) is 0 Å². The SMILES string of the molecule is CCOc1ccc(-n2ccnc(N)c2=O)cc1. The van der Waals surface area contributed by atoms with E-state index in [0.29, 0.717) is 6.61 Å². The van der Waals surface area contributed by atoms with Gasteiger partial charge in [0.2, 0.25) is 0 Å². The number of nitrogen functional groups attached to an aromatic ring is 1. The molecule has 88 valence electrons. The summed E-state index contributed by atoms with van der Waals surface area (Å²) in [5.74, 6) is 0.757. The van der Waals surface area contributed by atoms with Gasteiger partial charge in [-0.15, -0.1) is 0 Å². The summed E-state index contributed by atoms with van der Waals surface area (Å²) in [4.78, 5) is 15.5. The third kappa shape index (κ3) is 2.28. The summed E-state index contributed by atoms with van der Waals surface area (Å²) in [7, 11) is 0. The van der Waals surface area contributed by atoms with Crippen LogP contribution in [0.25, 0.3) is 5.69 Å². The molecule has 1 heterocycles. The minimum atomic E-state index is -0.323. The minimum Gasteiger partial charge on any atom is -0.494 e. The van der Waals surface area contributed by atoms with E-state index in [9.17, 15) is 4.79 Å². The molecule has 0 spiro atoms. The Bertz CT molecular complexity index is 561. The van der Waals surface area contributed by atoms with Gasteiger partial charge in [-0.25, -0.2) is 4.98 Å². The Morgan fingerprint density at radius 3 is 2.71 bits per heavy atom. The number of ether oxygens (including phenoxy) is 1.